The first-order valence-electron chi connectivity index (χ1n) is 12.2. The van der Waals surface area contributed by atoms with Crippen LogP contribution in [0.1, 0.15) is 37.6 Å². The summed E-state index contributed by atoms with van der Waals surface area (Å²) in [5, 5.41) is 13.6. The number of H-pyrrole nitrogens is 1. The third-order valence-electron chi connectivity index (χ3n) is 6.88. The lowest BCUT2D eigenvalue weighted by atomic mass is 10.1. The Morgan fingerprint density at radius 1 is 1.21 bits per heavy atom. The van der Waals surface area contributed by atoms with Crippen molar-refractivity contribution in [3.8, 4) is 17.0 Å². The molecule has 0 bridgehead atoms. The number of aromatic nitrogens is 4. The lowest BCUT2D eigenvalue weighted by Crippen LogP contribution is -2.44. The normalized spacial score (nSPS) is 16.5. The molecule has 0 saturated carbocycles. The van der Waals surface area contributed by atoms with Crippen LogP contribution in [0.5, 0.6) is 5.75 Å². The van der Waals surface area contributed by atoms with Gasteiger partial charge < -0.3 is 19.4 Å². The van der Waals surface area contributed by atoms with Crippen LogP contribution in [0.25, 0.3) is 11.3 Å². The molecular formula is C25H31ClF2N6O3Si. The Labute approximate surface area is 226 Å². The molecule has 9 nitrogen and oxygen atoms in total. The van der Waals surface area contributed by atoms with Crippen molar-refractivity contribution in [3.05, 3.63) is 48.3 Å². The molecule has 1 aliphatic rings. The van der Waals surface area contributed by atoms with Gasteiger partial charge in [0.15, 0.2) is 8.32 Å². The molecule has 38 heavy (non-hydrogen) atoms. The third kappa shape index (κ3) is 6.66. The number of anilines is 2. The Balaban J connectivity index is 1.52. The Kier molecular flexibility index (Phi) is 7.78. The first-order chi connectivity index (χ1) is 17.7. The molecule has 4 rings (SSSR count). The van der Waals surface area contributed by atoms with Gasteiger partial charge in [-0.15, -0.1) is 8.78 Å². The summed E-state index contributed by atoms with van der Waals surface area (Å²) in [6.07, 6.45) is 4.05. The predicted molar refractivity (Wildman–Crippen MR) is 144 cm³/mol. The highest BCUT2D eigenvalue weighted by Crippen LogP contribution is 2.39. The summed E-state index contributed by atoms with van der Waals surface area (Å²) in [6.45, 7) is 12.6. The number of benzene rings is 1. The number of pyridine rings is 1. The molecule has 1 amide bonds. The van der Waals surface area contributed by atoms with Gasteiger partial charge in [0.25, 0.3) is 5.91 Å². The van der Waals surface area contributed by atoms with E-state index in [0.29, 0.717) is 34.9 Å². The largest absolute Gasteiger partial charge is 0.487 e. The number of hydrogen-bond donors (Lipinski definition) is 2. The Morgan fingerprint density at radius 2 is 1.92 bits per heavy atom. The van der Waals surface area contributed by atoms with Crippen molar-refractivity contribution in [2.75, 3.05) is 23.3 Å². The third-order valence-corrected chi connectivity index (χ3v) is 11.5. The van der Waals surface area contributed by atoms with Crippen molar-refractivity contribution >= 4 is 37.3 Å². The quantitative estimate of drug-likeness (QED) is 0.260. The molecule has 0 aliphatic carbocycles. The van der Waals surface area contributed by atoms with Gasteiger partial charge in [0.2, 0.25) is 0 Å². The summed E-state index contributed by atoms with van der Waals surface area (Å²) in [5.74, 6) is 0.134. The molecule has 1 fully saturated rings. The maximum Gasteiger partial charge on any atom is 0.487 e. The second-order valence-corrected chi connectivity index (χ2v) is 15.9. The van der Waals surface area contributed by atoms with Crippen LogP contribution in [0.2, 0.25) is 18.1 Å². The standard InChI is InChI=1S/C25H31ClF2N6O3Si/c1-24(2,3)38(4,5)37-19-10-11-34(15-19)22-20(21-14-30-33-32-21)12-16(13-29-22)23(35)31-17-6-8-18(9-7-17)36-25(26,27)28/h6-9,12-14,19H,10-11,15H2,1-5H3,(H,31,35)(H,30,32,33)/t19-/m1/s1. The molecule has 1 aliphatic heterocycles. The molecule has 1 aromatic carbocycles. The van der Waals surface area contributed by atoms with Gasteiger partial charge in [-0.05, 0) is 54.9 Å². The van der Waals surface area contributed by atoms with Gasteiger partial charge in [-0.2, -0.15) is 15.4 Å². The smallest absolute Gasteiger partial charge is 0.420 e. The Bertz CT molecular complexity index is 1260. The summed E-state index contributed by atoms with van der Waals surface area (Å²) in [4.78, 5) is 19.8. The van der Waals surface area contributed by atoms with Crippen molar-refractivity contribution in [3.63, 3.8) is 0 Å². The molecule has 0 radical (unpaired) electrons. The van der Waals surface area contributed by atoms with E-state index in [2.05, 4.69) is 69.2 Å². The maximum absolute atomic E-state index is 13.0. The van der Waals surface area contributed by atoms with Crippen LogP contribution in [0.4, 0.5) is 20.3 Å². The van der Waals surface area contributed by atoms with Crippen molar-refractivity contribution in [2.45, 2.75) is 57.0 Å². The Morgan fingerprint density at radius 3 is 2.53 bits per heavy atom. The fourth-order valence-corrected chi connectivity index (χ4v) is 5.38. The lowest BCUT2D eigenvalue weighted by Gasteiger charge is -2.38. The number of ether oxygens (including phenoxy) is 1. The van der Waals surface area contributed by atoms with Crippen LogP contribution in [0, 0.1) is 0 Å². The van der Waals surface area contributed by atoms with E-state index < -0.39 is 19.8 Å². The molecular weight excluding hydrogens is 534 g/mol. The zero-order valence-electron chi connectivity index (χ0n) is 21.9. The van der Waals surface area contributed by atoms with E-state index in [1.54, 1.807) is 12.3 Å². The van der Waals surface area contributed by atoms with Gasteiger partial charge in [0.05, 0.1) is 17.9 Å². The summed E-state index contributed by atoms with van der Waals surface area (Å²) in [7, 11) is -1.92. The molecule has 2 N–H and O–H groups in total. The number of hydrogen-bond acceptors (Lipinski definition) is 7. The van der Waals surface area contributed by atoms with Crippen molar-refractivity contribution in [1.29, 1.82) is 0 Å². The summed E-state index contributed by atoms with van der Waals surface area (Å²) >= 11 is 4.79. The fourth-order valence-electron chi connectivity index (χ4n) is 3.91. The average molecular weight is 565 g/mol. The van der Waals surface area contributed by atoms with E-state index in [-0.39, 0.29) is 16.9 Å². The van der Waals surface area contributed by atoms with Gasteiger partial charge >= 0.3 is 5.57 Å². The van der Waals surface area contributed by atoms with Gasteiger partial charge in [-0.3, -0.25) is 4.79 Å². The number of halogens is 3. The summed E-state index contributed by atoms with van der Waals surface area (Å²) in [6, 6.07) is 7.14. The predicted octanol–water partition coefficient (Wildman–Crippen LogP) is 5.89. The number of aromatic amines is 1. The summed E-state index contributed by atoms with van der Waals surface area (Å²) in [5.41, 5.74) is -1.92. The van der Waals surface area contributed by atoms with Gasteiger partial charge in [-0.1, -0.05) is 20.8 Å². The van der Waals surface area contributed by atoms with E-state index in [1.165, 1.54) is 30.5 Å². The van der Waals surface area contributed by atoms with Crippen molar-refractivity contribution < 1.29 is 22.7 Å². The number of rotatable bonds is 8. The summed E-state index contributed by atoms with van der Waals surface area (Å²) < 4.78 is 36.6. The van der Waals surface area contributed by atoms with Crippen LogP contribution in [0.15, 0.2) is 42.7 Å². The topological polar surface area (TPSA) is 105 Å². The average Bonchev–Trinajstić information content (AvgIpc) is 3.50. The zero-order valence-corrected chi connectivity index (χ0v) is 23.6. The molecule has 2 aromatic heterocycles. The molecule has 13 heteroatoms. The van der Waals surface area contributed by atoms with Crippen LogP contribution < -0.4 is 15.0 Å². The molecule has 3 heterocycles. The van der Waals surface area contributed by atoms with Crippen LogP contribution in [-0.2, 0) is 4.43 Å². The Hall–Kier alpha value is -3.09. The lowest BCUT2D eigenvalue weighted by molar-refractivity contribution is -0.0964. The highest BCUT2D eigenvalue weighted by atomic mass is 35.5. The van der Waals surface area contributed by atoms with Gasteiger partial charge in [0, 0.05) is 42.1 Å². The van der Waals surface area contributed by atoms with E-state index in [4.69, 9.17) is 16.0 Å². The highest BCUT2D eigenvalue weighted by Gasteiger charge is 2.41. The van der Waals surface area contributed by atoms with Gasteiger partial charge in [0.1, 0.15) is 17.3 Å². The number of carbonyl (C=O) groups excluding carboxylic acids is 1. The molecule has 1 atom stereocenters. The van der Waals surface area contributed by atoms with E-state index >= 15 is 0 Å². The van der Waals surface area contributed by atoms with Crippen molar-refractivity contribution in [1.82, 2.24) is 20.4 Å². The number of alkyl halides is 3. The maximum atomic E-state index is 13.0. The molecule has 204 valence electrons. The molecule has 0 unspecified atom stereocenters. The minimum atomic E-state index is -3.82. The van der Waals surface area contributed by atoms with Crippen LogP contribution in [0.3, 0.4) is 0 Å². The second-order valence-electron chi connectivity index (χ2n) is 10.7. The molecule has 3 aromatic rings. The fraction of sp³-hybridized carbons (Fsp3) is 0.440. The number of nitrogens with one attached hydrogen (secondary N) is 2. The van der Waals surface area contributed by atoms with Gasteiger partial charge in [-0.25, -0.2) is 4.98 Å². The van der Waals surface area contributed by atoms with E-state index in [9.17, 15) is 13.6 Å². The minimum Gasteiger partial charge on any atom is -0.420 e. The monoisotopic (exact) mass is 564 g/mol. The highest BCUT2D eigenvalue weighted by molar-refractivity contribution is 6.74. The number of nitrogens with zero attached hydrogens (tertiary/aromatic N) is 4. The number of amides is 1. The van der Waals surface area contributed by atoms with Crippen molar-refractivity contribution in [2.24, 2.45) is 0 Å². The van der Waals surface area contributed by atoms with E-state index in [0.717, 1.165) is 13.0 Å². The van der Waals surface area contributed by atoms with Crippen LogP contribution >= 0.6 is 11.6 Å². The SMILES string of the molecule is CC(C)(C)[Si](C)(C)O[C@@H]1CCN(c2ncc(C(=O)Nc3ccc(OC(F)(F)Cl)cc3)cc2-c2cn[nH]n2)C1. The minimum absolute atomic E-state index is 0.0940. The molecule has 1 saturated heterocycles. The van der Waals surface area contributed by atoms with Crippen LogP contribution in [-0.4, -0.2) is 59.4 Å². The number of carbonyl (C=O) groups is 1. The first-order valence-corrected chi connectivity index (χ1v) is 15.5. The molecule has 0 spiro atoms. The first kappa shape index (κ1) is 27.9. The second kappa shape index (κ2) is 10.6. The van der Waals surface area contributed by atoms with E-state index in [1.807, 2.05) is 0 Å². The zero-order chi connectivity index (χ0) is 27.7.